The number of aromatic nitrogens is 5. The smallest absolute Gasteiger partial charge is 0.168 e. The monoisotopic (exact) mass is 277 g/mol. The van der Waals surface area contributed by atoms with Crippen LogP contribution in [0.3, 0.4) is 0 Å². The first-order valence-corrected chi connectivity index (χ1v) is 7.54. The van der Waals surface area contributed by atoms with Crippen LogP contribution in [-0.2, 0) is 17.8 Å². The van der Waals surface area contributed by atoms with Gasteiger partial charge in [0.15, 0.2) is 5.16 Å². The molecule has 0 spiro atoms. The van der Waals surface area contributed by atoms with Crippen LogP contribution in [-0.4, -0.2) is 43.5 Å². The average molecular weight is 277 g/mol. The number of nitrogens with zero attached hydrogens (tertiary/aromatic N) is 5. The Labute approximate surface area is 115 Å². The minimum atomic E-state index is 0.413. The Morgan fingerprint density at radius 2 is 2.42 bits per heavy atom. The summed E-state index contributed by atoms with van der Waals surface area (Å²) in [4.78, 5) is 4.61. The Bertz CT molecular complexity index is 565. The van der Waals surface area contributed by atoms with E-state index in [1.807, 2.05) is 22.6 Å². The minimum Gasteiger partial charge on any atom is -0.381 e. The highest BCUT2D eigenvalue weighted by Crippen LogP contribution is 2.25. The van der Waals surface area contributed by atoms with E-state index in [-0.39, 0.29) is 0 Å². The number of thioether (sulfide) groups is 1. The lowest BCUT2D eigenvalue weighted by Gasteiger charge is -2.00. The molecule has 4 rings (SSSR count). The first kappa shape index (κ1) is 11.5. The number of aryl methyl sites for hydroxylation is 1. The summed E-state index contributed by atoms with van der Waals surface area (Å²) in [7, 11) is 0. The summed E-state index contributed by atoms with van der Waals surface area (Å²) in [6, 6.07) is 0. The maximum atomic E-state index is 5.38. The predicted molar refractivity (Wildman–Crippen MR) is 70.3 cm³/mol. The molecule has 2 aromatic rings. The average Bonchev–Trinajstić information content (AvgIpc) is 3.12. The lowest BCUT2D eigenvalue weighted by molar-refractivity contribution is 0.193. The minimum absolute atomic E-state index is 0.413. The molecule has 1 fully saturated rings. The van der Waals surface area contributed by atoms with Gasteiger partial charge in [-0.25, -0.2) is 9.67 Å². The van der Waals surface area contributed by atoms with Crippen LogP contribution in [0.2, 0.25) is 0 Å². The molecule has 2 aromatic heterocycles. The molecule has 4 heterocycles. The summed E-state index contributed by atoms with van der Waals surface area (Å²) in [5, 5.41) is 9.57. The third-order valence-corrected chi connectivity index (χ3v) is 4.55. The lowest BCUT2D eigenvalue weighted by atomic mass is 10.1. The Balaban J connectivity index is 1.49. The van der Waals surface area contributed by atoms with Gasteiger partial charge in [-0.1, -0.05) is 17.0 Å². The number of ether oxygens (including phenoxy) is 1. The number of imidazole rings is 1. The quantitative estimate of drug-likeness (QED) is 0.842. The van der Waals surface area contributed by atoms with Crippen LogP contribution in [0.4, 0.5) is 0 Å². The van der Waals surface area contributed by atoms with Gasteiger partial charge in [0.25, 0.3) is 0 Å². The van der Waals surface area contributed by atoms with Crippen LogP contribution >= 0.6 is 11.8 Å². The molecule has 1 saturated heterocycles. The molecule has 2 aliphatic rings. The van der Waals surface area contributed by atoms with Gasteiger partial charge in [-0.2, -0.15) is 0 Å². The Hall–Kier alpha value is -1.34. The molecule has 0 bridgehead atoms. The Kier molecular flexibility index (Phi) is 2.81. The molecule has 0 aromatic carbocycles. The van der Waals surface area contributed by atoms with Gasteiger partial charge in [0.05, 0.1) is 24.5 Å². The lowest BCUT2D eigenvalue weighted by Crippen LogP contribution is -2.01. The van der Waals surface area contributed by atoms with Gasteiger partial charge in [-0.3, -0.25) is 0 Å². The number of rotatable bonds is 3. The van der Waals surface area contributed by atoms with E-state index in [2.05, 4.69) is 26.1 Å². The fraction of sp³-hybridized carbons (Fsp3) is 0.583. The first-order chi connectivity index (χ1) is 9.38. The van der Waals surface area contributed by atoms with E-state index in [4.69, 9.17) is 4.74 Å². The second-order valence-corrected chi connectivity index (χ2v) is 6.02. The highest BCUT2D eigenvalue weighted by molar-refractivity contribution is 7.99. The van der Waals surface area contributed by atoms with Crippen LogP contribution in [0.25, 0.3) is 0 Å². The molecule has 2 aliphatic heterocycles. The Morgan fingerprint density at radius 3 is 3.26 bits per heavy atom. The fourth-order valence-corrected chi connectivity index (χ4v) is 3.51. The summed E-state index contributed by atoms with van der Waals surface area (Å²) in [6.45, 7) is 3.37. The van der Waals surface area contributed by atoms with E-state index in [1.54, 1.807) is 0 Å². The summed E-state index contributed by atoms with van der Waals surface area (Å²) in [5.41, 5.74) is 2.10. The van der Waals surface area contributed by atoms with Crippen molar-refractivity contribution in [3.8, 4) is 0 Å². The molecule has 19 heavy (non-hydrogen) atoms. The van der Waals surface area contributed by atoms with E-state index >= 15 is 0 Å². The van der Waals surface area contributed by atoms with Crippen molar-refractivity contribution in [2.75, 3.05) is 19.0 Å². The molecule has 0 aliphatic carbocycles. The van der Waals surface area contributed by atoms with E-state index in [0.717, 1.165) is 48.5 Å². The molecular weight excluding hydrogens is 262 g/mol. The first-order valence-electron chi connectivity index (χ1n) is 6.55. The SMILES string of the molecule is c1c(C2CCOC2)nnn1Cc1cn2c(n1)SCC2. The van der Waals surface area contributed by atoms with Crippen molar-refractivity contribution in [1.82, 2.24) is 24.5 Å². The third kappa shape index (κ3) is 2.17. The molecule has 1 unspecified atom stereocenters. The van der Waals surface area contributed by atoms with Crippen molar-refractivity contribution < 1.29 is 4.74 Å². The zero-order valence-electron chi connectivity index (χ0n) is 10.5. The van der Waals surface area contributed by atoms with Gasteiger partial charge in [-0.05, 0) is 6.42 Å². The highest BCUT2D eigenvalue weighted by atomic mass is 32.2. The van der Waals surface area contributed by atoms with E-state index in [0.29, 0.717) is 12.5 Å². The molecule has 0 radical (unpaired) electrons. The molecular formula is C12H15N5OS. The van der Waals surface area contributed by atoms with Gasteiger partial charge in [0, 0.05) is 37.2 Å². The van der Waals surface area contributed by atoms with Crippen LogP contribution in [0.5, 0.6) is 0 Å². The van der Waals surface area contributed by atoms with Gasteiger partial charge < -0.3 is 9.30 Å². The van der Waals surface area contributed by atoms with Crippen LogP contribution < -0.4 is 0 Å². The molecule has 100 valence electrons. The highest BCUT2D eigenvalue weighted by Gasteiger charge is 2.21. The van der Waals surface area contributed by atoms with E-state index in [1.165, 1.54) is 0 Å². The van der Waals surface area contributed by atoms with Gasteiger partial charge in [0.2, 0.25) is 0 Å². The topological polar surface area (TPSA) is 57.8 Å². The van der Waals surface area contributed by atoms with Gasteiger partial charge in [-0.15, -0.1) is 5.10 Å². The zero-order chi connectivity index (χ0) is 12.7. The summed E-state index contributed by atoms with van der Waals surface area (Å²) in [6.07, 6.45) is 5.19. The van der Waals surface area contributed by atoms with E-state index < -0.39 is 0 Å². The third-order valence-electron chi connectivity index (χ3n) is 3.58. The van der Waals surface area contributed by atoms with E-state index in [9.17, 15) is 0 Å². The zero-order valence-corrected chi connectivity index (χ0v) is 11.3. The molecule has 0 N–H and O–H groups in total. The van der Waals surface area contributed by atoms with Crippen molar-refractivity contribution >= 4 is 11.8 Å². The maximum absolute atomic E-state index is 5.38. The molecule has 0 saturated carbocycles. The summed E-state index contributed by atoms with van der Waals surface area (Å²) < 4.78 is 9.47. The predicted octanol–water partition coefficient (Wildman–Crippen LogP) is 1.13. The van der Waals surface area contributed by atoms with Crippen LogP contribution in [0.1, 0.15) is 23.7 Å². The molecule has 0 amide bonds. The standard InChI is InChI=1S/C12H15N5OS/c1-3-18-8-9(1)11-7-17(15-14-11)6-10-5-16-2-4-19-12(16)13-10/h5,7,9H,1-4,6,8H2. The summed E-state index contributed by atoms with van der Waals surface area (Å²) in [5.74, 6) is 1.55. The molecule has 1 atom stereocenters. The van der Waals surface area contributed by atoms with Crippen molar-refractivity contribution in [3.05, 3.63) is 23.8 Å². The van der Waals surface area contributed by atoms with Crippen molar-refractivity contribution in [1.29, 1.82) is 0 Å². The normalized spacial score (nSPS) is 22.0. The maximum Gasteiger partial charge on any atom is 0.168 e. The van der Waals surface area contributed by atoms with Crippen LogP contribution in [0, 0.1) is 0 Å². The van der Waals surface area contributed by atoms with Gasteiger partial charge in [0.1, 0.15) is 0 Å². The second kappa shape index (κ2) is 4.64. The van der Waals surface area contributed by atoms with Crippen molar-refractivity contribution in [2.24, 2.45) is 0 Å². The number of hydrogen-bond donors (Lipinski definition) is 0. The molecule has 7 heteroatoms. The van der Waals surface area contributed by atoms with Crippen molar-refractivity contribution in [3.63, 3.8) is 0 Å². The molecule has 6 nitrogen and oxygen atoms in total. The summed E-state index contributed by atoms with van der Waals surface area (Å²) >= 11 is 1.81. The second-order valence-electron chi connectivity index (χ2n) is 4.96. The Morgan fingerprint density at radius 1 is 1.42 bits per heavy atom. The largest absolute Gasteiger partial charge is 0.381 e. The fourth-order valence-electron chi connectivity index (χ4n) is 2.55. The number of hydrogen-bond acceptors (Lipinski definition) is 5. The number of fused-ring (bicyclic) bond motifs is 1. The van der Waals surface area contributed by atoms with Crippen molar-refractivity contribution in [2.45, 2.75) is 30.6 Å². The van der Waals surface area contributed by atoms with Gasteiger partial charge >= 0.3 is 0 Å². The van der Waals surface area contributed by atoms with Crippen LogP contribution in [0.15, 0.2) is 17.6 Å².